The largest absolute Gasteiger partial charge is 0.368 e. The molecule has 124 valence electrons. The Morgan fingerprint density at radius 3 is 2.91 bits per heavy atom. The lowest BCUT2D eigenvalue weighted by Crippen LogP contribution is -2.32. The normalized spacial score (nSPS) is 19.1. The van der Waals surface area contributed by atoms with Crippen LogP contribution in [0.15, 0.2) is 18.2 Å². The molecule has 2 N–H and O–H groups in total. The molecule has 1 aliphatic carbocycles. The highest BCUT2D eigenvalue weighted by molar-refractivity contribution is 5.99. The molecule has 0 radical (unpaired) electrons. The molecule has 2 aliphatic rings. The third-order valence-corrected chi connectivity index (χ3v) is 4.63. The fourth-order valence-electron chi connectivity index (χ4n) is 3.31. The first-order valence-corrected chi connectivity index (χ1v) is 8.45. The molecule has 23 heavy (non-hydrogen) atoms. The molecule has 1 unspecified atom stereocenters. The highest BCUT2D eigenvalue weighted by Crippen LogP contribution is 2.26. The molecule has 0 spiro atoms. The van der Waals surface area contributed by atoms with Gasteiger partial charge in [-0.05, 0) is 37.0 Å². The summed E-state index contributed by atoms with van der Waals surface area (Å²) in [6.07, 6.45) is 6.45. The Kier molecular flexibility index (Phi) is 4.96. The minimum absolute atomic E-state index is 0.0229. The van der Waals surface area contributed by atoms with E-state index in [2.05, 4.69) is 10.6 Å². The number of nitrogens with one attached hydrogen (secondary N) is 2. The van der Waals surface area contributed by atoms with Gasteiger partial charge in [-0.2, -0.15) is 0 Å². The van der Waals surface area contributed by atoms with Crippen molar-refractivity contribution in [1.29, 1.82) is 0 Å². The average Bonchev–Trinajstić information content (AvgIpc) is 2.93. The molecule has 1 saturated carbocycles. The predicted octanol–water partition coefficient (Wildman–Crippen LogP) is 2.71. The van der Waals surface area contributed by atoms with E-state index in [1.807, 2.05) is 25.1 Å². The van der Waals surface area contributed by atoms with Crippen LogP contribution in [0.1, 0.15) is 56.2 Å². The summed E-state index contributed by atoms with van der Waals surface area (Å²) in [7, 11) is 0. The topological polar surface area (TPSA) is 67.4 Å². The molecular weight excluding hydrogens is 292 g/mol. The standard InChI is InChI=1S/C18H24N2O3/c1-12(13-7-8-16-14(9-13)10-17(21)20-16)19-18(22)11-23-15-5-3-2-4-6-15/h7-9,12,15H,2-6,10-11H2,1H3,(H,19,22)(H,20,21). The number of hydrogen-bond acceptors (Lipinski definition) is 3. The van der Waals surface area contributed by atoms with Crippen LogP contribution in [-0.4, -0.2) is 24.5 Å². The number of fused-ring (bicyclic) bond motifs is 1. The number of carbonyl (C=O) groups is 2. The molecule has 1 heterocycles. The maximum absolute atomic E-state index is 12.1. The first kappa shape index (κ1) is 16.0. The Bertz CT molecular complexity index is 594. The third-order valence-electron chi connectivity index (χ3n) is 4.63. The summed E-state index contributed by atoms with van der Waals surface area (Å²) >= 11 is 0. The van der Waals surface area contributed by atoms with Crippen LogP contribution in [0.3, 0.4) is 0 Å². The highest BCUT2D eigenvalue weighted by Gasteiger charge is 2.20. The van der Waals surface area contributed by atoms with Gasteiger partial charge in [0.2, 0.25) is 11.8 Å². The monoisotopic (exact) mass is 316 g/mol. The van der Waals surface area contributed by atoms with E-state index in [0.29, 0.717) is 6.42 Å². The molecule has 1 aliphatic heterocycles. The summed E-state index contributed by atoms with van der Waals surface area (Å²) in [4.78, 5) is 23.4. The molecular formula is C18H24N2O3. The van der Waals surface area contributed by atoms with Crippen molar-refractivity contribution in [2.45, 2.75) is 57.6 Å². The fraction of sp³-hybridized carbons (Fsp3) is 0.556. The van der Waals surface area contributed by atoms with Gasteiger partial charge in [0, 0.05) is 5.69 Å². The van der Waals surface area contributed by atoms with Crippen LogP contribution in [0.5, 0.6) is 0 Å². The zero-order valence-electron chi connectivity index (χ0n) is 13.6. The smallest absolute Gasteiger partial charge is 0.246 e. The minimum atomic E-state index is -0.0987. The van der Waals surface area contributed by atoms with Crippen LogP contribution in [-0.2, 0) is 20.7 Å². The van der Waals surface area contributed by atoms with Gasteiger partial charge in [0.05, 0.1) is 18.6 Å². The quantitative estimate of drug-likeness (QED) is 0.877. The van der Waals surface area contributed by atoms with Crippen molar-refractivity contribution in [1.82, 2.24) is 5.32 Å². The van der Waals surface area contributed by atoms with E-state index in [-0.39, 0.29) is 30.6 Å². The second-order valence-electron chi connectivity index (χ2n) is 6.50. The van der Waals surface area contributed by atoms with Gasteiger partial charge in [-0.25, -0.2) is 0 Å². The van der Waals surface area contributed by atoms with Crippen LogP contribution in [0.2, 0.25) is 0 Å². The molecule has 0 bridgehead atoms. The van der Waals surface area contributed by atoms with Crippen molar-refractivity contribution in [3.8, 4) is 0 Å². The maximum Gasteiger partial charge on any atom is 0.246 e. The van der Waals surface area contributed by atoms with Crippen LogP contribution in [0.4, 0.5) is 5.69 Å². The van der Waals surface area contributed by atoms with Gasteiger partial charge < -0.3 is 15.4 Å². The highest BCUT2D eigenvalue weighted by atomic mass is 16.5. The van der Waals surface area contributed by atoms with E-state index in [1.54, 1.807) is 0 Å². The van der Waals surface area contributed by atoms with Crippen molar-refractivity contribution in [3.63, 3.8) is 0 Å². The Morgan fingerprint density at radius 2 is 2.13 bits per heavy atom. The maximum atomic E-state index is 12.1. The Hall–Kier alpha value is -1.88. The third kappa shape index (κ3) is 4.10. The van der Waals surface area contributed by atoms with E-state index in [4.69, 9.17) is 4.74 Å². The summed E-state index contributed by atoms with van der Waals surface area (Å²) in [6.45, 7) is 2.07. The van der Waals surface area contributed by atoms with Gasteiger partial charge in [0.15, 0.2) is 0 Å². The van der Waals surface area contributed by atoms with Gasteiger partial charge in [0.1, 0.15) is 6.61 Å². The minimum Gasteiger partial charge on any atom is -0.368 e. The molecule has 0 aromatic heterocycles. The number of ether oxygens (including phenoxy) is 1. The van der Waals surface area contributed by atoms with E-state index >= 15 is 0 Å². The molecule has 0 saturated heterocycles. The Morgan fingerprint density at radius 1 is 1.35 bits per heavy atom. The number of hydrogen-bond donors (Lipinski definition) is 2. The van der Waals surface area contributed by atoms with Crippen LogP contribution in [0.25, 0.3) is 0 Å². The second-order valence-corrected chi connectivity index (χ2v) is 6.50. The predicted molar refractivity (Wildman–Crippen MR) is 88.2 cm³/mol. The molecule has 5 nitrogen and oxygen atoms in total. The number of amides is 2. The lowest BCUT2D eigenvalue weighted by atomic mass is 9.98. The van der Waals surface area contributed by atoms with Crippen LogP contribution < -0.4 is 10.6 Å². The van der Waals surface area contributed by atoms with Crippen LogP contribution in [0, 0.1) is 0 Å². The van der Waals surface area contributed by atoms with Crippen molar-refractivity contribution >= 4 is 17.5 Å². The summed E-state index contributed by atoms with van der Waals surface area (Å²) in [5.74, 6) is -0.0625. The van der Waals surface area contributed by atoms with Crippen LogP contribution >= 0.6 is 0 Å². The van der Waals surface area contributed by atoms with Gasteiger partial charge in [-0.3, -0.25) is 9.59 Å². The lowest BCUT2D eigenvalue weighted by molar-refractivity contribution is -0.129. The number of carbonyl (C=O) groups excluding carboxylic acids is 2. The van der Waals surface area contributed by atoms with Crippen molar-refractivity contribution in [2.75, 3.05) is 11.9 Å². The zero-order chi connectivity index (χ0) is 16.2. The van der Waals surface area contributed by atoms with E-state index in [0.717, 1.165) is 29.7 Å². The first-order chi connectivity index (χ1) is 11.1. The summed E-state index contributed by atoms with van der Waals surface area (Å²) in [5, 5.41) is 5.78. The van der Waals surface area contributed by atoms with Gasteiger partial charge >= 0.3 is 0 Å². The van der Waals surface area contributed by atoms with Gasteiger partial charge in [-0.15, -0.1) is 0 Å². The summed E-state index contributed by atoms with van der Waals surface area (Å²) in [5.41, 5.74) is 2.87. The SMILES string of the molecule is CC(NC(=O)COC1CCCCC1)c1ccc2c(c1)CC(=O)N2. The lowest BCUT2D eigenvalue weighted by Gasteiger charge is -2.22. The average molecular weight is 316 g/mol. The summed E-state index contributed by atoms with van der Waals surface area (Å²) < 4.78 is 5.70. The Labute approximate surface area is 136 Å². The number of anilines is 1. The summed E-state index contributed by atoms with van der Waals surface area (Å²) in [6, 6.07) is 5.73. The van der Waals surface area contributed by atoms with E-state index in [1.165, 1.54) is 19.3 Å². The van der Waals surface area contributed by atoms with Crippen molar-refractivity contribution < 1.29 is 14.3 Å². The van der Waals surface area contributed by atoms with Gasteiger partial charge in [-0.1, -0.05) is 31.4 Å². The van der Waals surface area contributed by atoms with Gasteiger partial charge in [0.25, 0.3) is 0 Å². The van der Waals surface area contributed by atoms with Crippen molar-refractivity contribution in [3.05, 3.63) is 29.3 Å². The molecule has 2 amide bonds. The molecule has 1 aromatic rings. The fourth-order valence-corrected chi connectivity index (χ4v) is 3.31. The molecule has 3 rings (SSSR count). The Balaban J connectivity index is 1.50. The molecule has 1 fully saturated rings. The first-order valence-electron chi connectivity index (χ1n) is 8.45. The molecule has 1 aromatic carbocycles. The number of benzene rings is 1. The van der Waals surface area contributed by atoms with E-state index < -0.39 is 0 Å². The zero-order valence-corrected chi connectivity index (χ0v) is 13.6. The number of rotatable bonds is 5. The second kappa shape index (κ2) is 7.13. The van der Waals surface area contributed by atoms with Crippen molar-refractivity contribution in [2.24, 2.45) is 0 Å². The molecule has 5 heteroatoms. The van der Waals surface area contributed by atoms with E-state index in [9.17, 15) is 9.59 Å². The molecule has 1 atom stereocenters.